The molecule has 3 rings (SSSR count). The molecule has 0 aliphatic heterocycles. The number of nitrogens with one attached hydrogen (secondary N) is 2. The lowest BCUT2D eigenvalue weighted by Crippen LogP contribution is -2.50. The van der Waals surface area contributed by atoms with Gasteiger partial charge in [-0.3, -0.25) is 9.59 Å². The molecule has 0 spiro atoms. The van der Waals surface area contributed by atoms with Gasteiger partial charge in [0.2, 0.25) is 0 Å². The van der Waals surface area contributed by atoms with E-state index in [4.69, 9.17) is 0 Å². The van der Waals surface area contributed by atoms with E-state index in [1.54, 1.807) is 84.9 Å². The Kier molecular flexibility index (Phi) is 7.72. The van der Waals surface area contributed by atoms with E-state index in [1.807, 2.05) is 6.07 Å². The topological polar surface area (TPSA) is 116 Å². The number of amides is 2. The van der Waals surface area contributed by atoms with Crippen molar-refractivity contribution in [3.63, 3.8) is 0 Å². The SMILES string of the molecule is O=C(N[C@@H](c1ccccc1)[C@@H](O)C(=O)N[C@@H](Cc1ccccc1)C(=O)O)c1ccccc1. The van der Waals surface area contributed by atoms with Gasteiger partial charge in [0.1, 0.15) is 6.04 Å². The molecule has 3 atom stereocenters. The summed E-state index contributed by atoms with van der Waals surface area (Å²) in [5, 5.41) is 25.4. The van der Waals surface area contributed by atoms with Crippen molar-refractivity contribution in [3.05, 3.63) is 108 Å². The third-order valence-corrected chi connectivity index (χ3v) is 4.96. The standard InChI is InChI=1S/C25H24N2O5/c28-22(24(30)26-20(25(31)32)16-17-10-4-1-5-11-17)21(18-12-6-2-7-13-18)27-23(29)19-14-8-3-9-15-19/h1-15,20-22,28H,16H2,(H,26,30)(H,27,29)(H,31,32)/t20-,21-,22+/m0/s1. The van der Waals surface area contributed by atoms with Crippen molar-refractivity contribution in [2.45, 2.75) is 24.6 Å². The molecule has 0 aliphatic rings. The van der Waals surface area contributed by atoms with Crippen LogP contribution in [0.5, 0.6) is 0 Å². The van der Waals surface area contributed by atoms with Gasteiger partial charge in [-0.15, -0.1) is 0 Å². The summed E-state index contributed by atoms with van der Waals surface area (Å²) in [6, 6.07) is 23.5. The average molecular weight is 432 g/mol. The van der Waals surface area contributed by atoms with Crippen LogP contribution < -0.4 is 10.6 Å². The van der Waals surface area contributed by atoms with Crippen molar-refractivity contribution in [3.8, 4) is 0 Å². The van der Waals surface area contributed by atoms with Crippen LogP contribution in [0, 0.1) is 0 Å². The molecule has 0 unspecified atom stereocenters. The summed E-state index contributed by atoms with van der Waals surface area (Å²) in [5.74, 6) is -2.58. The first-order valence-corrected chi connectivity index (χ1v) is 10.1. The summed E-state index contributed by atoms with van der Waals surface area (Å²) in [7, 11) is 0. The Bertz CT molecular complexity index is 1040. The average Bonchev–Trinajstić information content (AvgIpc) is 2.83. The summed E-state index contributed by atoms with van der Waals surface area (Å²) in [6.45, 7) is 0. The molecule has 4 N–H and O–H groups in total. The number of aliphatic hydroxyl groups excluding tert-OH is 1. The fourth-order valence-electron chi connectivity index (χ4n) is 3.28. The highest BCUT2D eigenvalue weighted by Crippen LogP contribution is 2.19. The molecule has 0 aromatic heterocycles. The maximum Gasteiger partial charge on any atom is 0.326 e. The third-order valence-electron chi connectivity index (χ3n) is 4.96. The highest BCUT2D eigenvalue weighted by Gasteiger charge is 2.32. The van der Waals surface area contributed by atoms with Gasteiger partial charge >= 0.3 is 5.97 Å². The zero-order valence-electron chi connectivity index (χ0n) is 17.2. The second kappa shape index (κ2) is 10.9. The predicted molar refractivity (Wildman–Crippen MR) is 119 cm³/mol. The molecular weight excluding hydrogens is 408 g/mol. The minimum absolute atomic E-state index is 0.0566. The van der Waals surface area contributed by atoms with Gasteiger partial charge in [0.15, 0.2) is 6.10 Å². The second-order valence-corrected chi connectivity index (χ2v) is 7.26. The van der Waals surface area contributed by atoms with Gasteiger partial charge in [0, 0.05) is 12.0 Å². The molecule has 0 saturated carbocycles. The van der Waals surface area contributed by atoms with Crippen LogP contribution in [-0.4, -0.2) is 40.1 Å². The van der Waals surface area contributed by atoms with Gasteiger partial charge in [-0.1, -0.05) is 78.9 Å². The van der Waals surface area contributed by atoms with E-state index in [1.165, 1.54) is 0 Å². The third kappa shape index (κ3) is 6.02. The normalized spacial score (nSPS) is 13.4. The van der Waals surface area contributed by atoms with Gasteiger partial charge in [-0.25, -0.2) is 4.79 Å². The zero-order valence-corrected chi connectivity index (χ0v) is 17.2. The molecule has 2 amide bonds. The molecule has 0 bridgehead atoms. The van der Waals surface area contributed by atoms with Gasteiger partial charge < -0.3 is 20.8 Å². The van der Waals surface area contributed by atoms with Gasteiger partial charge in [0.05, 0.1) is 6.04 Å². The number of aliphatic carboxylic acids is 1. The quantitative estimate of drug-likeness (QED) is 0.414. The lowest BCUT2D eigenvalue weighted by molar-refractivity contribution is -0.143. The number of hydrogen-bond acceptors (Lipinski definition) is 4. The highest BCUT2D eigenvalue weighted by molar-refractivity contribution is 5.95. The molecule has 0 aliphatic carbocycles. The maximum absolute atomic E-state index is 12.8. The van der Waals surface area contributed by atoms with Crippen LogP contribution in [0.2, 0.25) is 0 Å². The Hall–Kier alpha value is -3.97. The maximum atomic E-state index is 12.8. The van der Waals surface area contributed by atoms with Crippen molar-refractivity contribution in [2.24, 2.45) is 0 Å². The summed E-state index contributed by atoms with van der Waals surface area (Å²) in [5.41, 5.74) is 1.61. The smallest absolute Gasteiger partial charge is 0.326 e. The Morgan fingerprint density at radius 3 is 1.84 bits per heavy atom. The fraction of sp³-hybridized carbons (Fsp3) is 0.160. The summed E-state index contributed by atoms with van der Waals surface area (Å²) in [6.07, 6.45) is -1.65. The first-order chi connectivity index (χ1) is 15.5. The minimum atomic E-state index is -1.71. The number of benzene rings is 3. The Balaban J connectivity index is 1.78. The molecule has 3 aromatic carbocycles. The summed E-state index contributed by atoms with van der Waals surface area (Å²) >= 11 is 0. The van der Waals surface area contributed by atoms with E-state index in [0.717, 1.165) is 5.56 Å². The number of hydrogen-bond donors (Lipinski definition) is 4. The van der Waals surface area contributed by atoms with Crippen LogP contribution in [0.15, 0.2) is 91.0 Å². The molecule has 3 aromatic rings. The van der Waals surface area contributed by atoms with E-state index in [0.29, 0.717) is 11.1 Å². The number of rotatable bonds is 9. The minimum Gasteiger partial charge on any atom is -0.480 e. The lowest BCUT2D eigenvalue weighted by Gasteiger charge is -2.25. The summed E-state index contributed by atoms with van der Waals surface area (Å²) < 4.78 is 0. The van der Waals surface area contributed by atoms with E-state index in [-0.39, 0.29) is 6.42 Å². The van der Waals surface area contributed by atoms with Crippen molar-refractivity contribution in [1.82, 2.24) is 10.6 Å². The van der Waals surface area contributed by atoms with Crippen molar-refractivity contribution >= 4 is 17.8 Å². The first-order valence-electron chi connectivity index (χ1n) is 10.1. The number of carbonyl (C=O) groups is 3. The number of aliphatic hydroxyl groups is 1. The summed E-state index contributed by atoms with van der Waals surface area (Å²) in [4.78, 5) is 37.2. The van der Waals surface area contributed by atoms with Crippen LogP contribution in [0.3, 0.4) is 0 Å². The highest BCUT2D eigenvalue weighted by atomic mass is 16.4. The second-order valence-electron chi connectivity index (χ2n) is 7.26. The Labute approximate surface area is 185 Å². The predicted octanol–water partition coefficient (Wildman–Crippen LogP) is 2.33. The van der Waals surface area contributed by atoms with Gasteiger partial charge in [-0.2, -0.15) is 0 Å². The lowest BCUT2D eigenvalue weighted by atomic mass is 9.99. The van der Waals surface area contributed by atoms with Crippen LogP contribution in [0.4, 0.5) is 0 Å². The van der Waals surface area contributed by atoms with E-state index in [9.17, 15) is 24.6 Å². The molecule has 7 nitrogen and oxygen atoms in total. The Morgan fingerprint density at radius 1 is 0.750 bits per heavy atom. The largest absolute Gasteiger partial charge is 0.480 e. The van der Waals surface area contributed by atoms with Crippen molar-refractivity contribution in [1.29, 1.82) is 0 Å². The zero-order chi connectivity index (χ0) is 22.9. The molecule has 32 heavy (non-hydrogen) atoms. The molecule has 0 heterocycles. The van der Waals surface area contributed by atoms with Gasteiger partial charge in [-0.05, 0) is 23.3 Å². The molecule has 0 saturated heterocycles. The fourth-order valence-corrected chi connectivity index (χ4v) is 3.28. The molecule has 7 heteroatoms. The number of carboxylic acids is 1. The van der Waals surface area contributed by atoms with E-state index in [2.05, 4.69) is 10.6 Å². The van der Waals surface area contributed by atoms with Crippen LogP contribution >= 0.6 is 0 Å². The molecule has 0 radical (unpaired) electrons. The van der Waals surface area contributed by atoms with Crippen LogP contribution in [0.1, 0.15) is 27.5 Å². The van der Waals surface area contributed by atoms with E-state index < -0.39 is 36.0 Å². The first kappa shape index (κ1) is 22.7. The number of carbonyl (C=O) groups excluding carboxylic acids is 2. The van der Waals surface area contributed by atoms with Crippen molar-refractivity contribution < 1.29 is 24.6 Å². The molecular formula is C25H24N2O5. The van der Waals surface area contributed by atoms with Crippen molar-refractivity contribution in [2.75, 3.05) is 0 Å². The molecule has 164 valence electrons. The van der Waals surface area contributed by atoms with Gasteiger partial charge in [0.25, 0.3) is 11.8 Å². The van der Waals surface area contributed by atoms with Crippen LogP contribution in [-0.2, 0) is 16.0 Å². The molecule has 0 fully saturated rings. The van der Waals surface area contributed by atoms with Crippen LogP contribution in [0.25, 0.3) is 0 Å². The monoisotopic (exact) mass is 432 g/mol. The van der Waals surface area contributed by atoms with E-state index >= 15 is 0 Å². The number of carboxylic acid groups (broad SMARTS) is 1. The Morgan fingerprint density at radius 2 is 1.28 bits per heavy atom.